The highest BCUT2D eigenvalue weighted by atomic mass is 15.4. The maximum Gasteiger partial charge on any atom is 0.137 e. The first-order valence-electron chi connectivity index (χ1n) is 25.5. The standard InChI is InChI=1S/C68H59N5/c1-67(2,3)51-33-35-52(36-34-51)72(55-42-50(48-23-11-8-12-24-48)41-54(44-55)70-46-71(63-30-18-17-29-62(63)70)61-28-16-15-27-60(61)68(4,5)6)53-37-39-59-57-26-14-13-25-56(57)58-38-32-49(47-21-9-7-10-22-47)43-64(58)73(65(59)45-53)66-31-19-20-40-69-66/h7-45H,46H2,1-6H3. The summed E-state index contributed by atoms with van der Waals surface area (Å²) in [5.41, 5.74) is 21.8. The van der Waals surface area contributed by atoms with Crippen molar-refractivity contribution < 1.29 is 0 Å². The number of rotatable bonds is 8. The van der Waals surface area contributed by atoms with Crippen LogP contribution in [0.1, 0.15) is 52.7 Å². The Kier molecular flexibility index (Phi) is 11.3. The first kappa shape index (κ1) is 45.5. The third-order valence-corrected chi connectivity index (χ3v) is 14.5. The number of aromatic nitrogens is 1. The summed E-state index contributed by atoms with van der Waals surface area (Å²) in [6.45, 7) is 14.4. The normalized spacial score (nSPS) is 12.9. The minimum atomic E-state index is -0.0449. The van der Waals surface area contributed by atoms with Gasteiger partial charge in [-0.1, -0.05) is 193 Å². The number of nitrogens with zero attached hydrogens (tertiary/aromatic N) is 5. The zero-order valence-electron chi connectivity index (χ0n) is 42.5. The third-order valence-electron chi connectivity index (χ3n) is 14.5. The minimum absolute atomic E-state index is 0.0168. The first-order chi connectivity index (χ1) is 35.5. The van der Waals surface area contributed by atoms with Crippen molar-refractivity contribution >= 4 is 57.0 Å². The van der Waals surface area contributed by atoms with Gasteiger partial charge in [0.2, 0.25) is 0 Å². The Hall–Kier alpha value is -8.67. The average molecular weight is 946 g/mol. The van der Waals surface area contributed by atoms with E-state index in [9.17, 15) is 0 Å². The van der Waals surface area contributed by atoms with Crippen molar-refractivity contribution in [1.82, 2.24) is 4.98 Å². The van der Waals surface area contributed by atoms with Gasteiger partial charge in [0.1, 0.15) is 12.5 Å². The second-order valence-corrected chi connectivity index (χ2v) is 21.4. The van der Waals surface area contributed by atoms with Crippen LogP contribution in [0.15, 0.2) is 237 Å². The van der Waals surface area contributed by atoms with Crippen molar-refractivity contribution in [2.24, 2.45) is 0 Å². The van der Waals surface area contributed by atoms with Crippen LogP contribution in [0.2, 0.25) is 0 Å². The summed E-state index contributed by atoms with van der Waals surface area (Å²) >= 11 is 0. The van der Waals surface area contributed by atoms with Gasteiger partial charge in [0.15, 0.2) is 0 Å². The number of anilines is 10. The van der Waals surface area contributed by atoms with Gasteiger partial charge in [0.05, 0.1) is 22.7 Å². The first-order valence-corrected chi connectivity index (χ1v) is 25.5. The van der Waals surface area contributed by atoms with Crippen molar-refractivity contribution in [3.8, 4) is 44.5 Å². The van der Waals surface area contributed by atoms with E-state index < -0.39 is 0 Å². The Morgan fingerprint density at radius 3 is 1.58 bits per heavy atom. The van der Waals surface area contributed by atoms with E-state index in [4.69, 9.17) is 4.98 Å². The van der Waals surface area contributed by atoms with E-state index in [1.807, 2.05) is 12.3 Å². The molecule has 9 aromatic carbocycles. The second-order valence-electron chi connectivity index (χ2n) is 21.4. The fourth-order valence-corrected chi connectivity index (χ4v) is 10.9. The quantitative estimate of drug-likeness (QED) is 0.151. The topological polar surface area (TPSA) is 25.9 Å². The van der Waals surface area contributed by atoms with Gasteiger partial charge in [-0.25, -0.2) is 4.98 Å². The molecule has 0 fully saturated rings. The molecule has 0 saturated heterocycles. The Balaban J connectivity index is 1.09. The highest BCUT2D eigenvalue weighted by Crippen LogP contribution is 2.54. The number of benzene rings is 9. The Labute approximate surface area is 430 Å². The molecule has 2 aliphatic heterocycles. The van der Waals surface area contributed by atoms with Gasteiger partial charge in [-0.15, -0.1) is 0 Å². The SMILES string of the molecule is CC(C)(C)c1ccc(N(c2cc(-c3ccccc3)cc(N3CN(c4ccccc4C(C)(C)C)c4ccccc43)c2)c2ccc3c(c2)N(c2ccccn2)c2cc(-c4ccccc4)ccc2-c2ccccc2-3)cc1. The van der Waals surface area contributed by atoms with Crippen LogP contribution in [0.4, 0.5) is 57.0 Å². The predicted molar refractivity (Wildman–Crippen MR) is 308 cm³/mol. The zero-order chi connectivity index (χ0) is 49.8. The molecule has 10 aromatic rings. The van der Waals surface area contributed by atoms with E-state index in [0.717, 1.165) is 67.8 Å². The maximum absolute atomic E-state index is 5.10. The molecule has 73 heavy (non-hydrogen) atoms. The summed E-state index contributed by atoms with van der Waals surface area (Å²) < 4.78 is 0. The number of pyridine rings is 1. The van der Waals surface area contributed by atoms with E-state index in [0.29, 0.717) is 6.67 Å². The van der Waals surface area contributed by atoms with E-state index >= 15 is 0 Å². The molecule has 0 N–H and O–H groups in total. The van der Waals surface area contributed by atoms with Crippen LogP contribution >= 0.6 is 0 Å². The summed E-state index contributed by atoms with van der Waals surface area (Å²) in [7, 11) is 0. The monoisotopic (exact) mass is 945 g/mol. The fraction of sp³-hybridized carbons (Fsp3) is 0.132. The van der Waals surface area contributed by atoms with Crippen molar-refractivity contribution in [3.63, 3.8) is 0 Å². The molecule has 0 aliphatic carbocycles. The molecule has 5 heteroatoms. The number of fused-ring (bicyclic) bond motifs is 6. The highest BCUT2D eigenvalue weighted by molar-refractivity contribution is 6.04. The highest BCUT2D eigenvalue weighted by Gasteiger charge is 2.33. The molecule has 3 heterocycles. The fourth-order valence-electron chi connectivity index (χ4n) is 10.9. The van der Waals surface area contributed by atoms with E-state index in [-0.39, 0.29) is 10.8 Å². The molecule has 1 aromatic heterocycles. The molecular formula is C68H59N5. The van der Waals surface area contributed by atoms with Crippen LogP contribution in [0.5, 0.6) is 0 Å². The Bertz CT molecular complexity index is 3630. The maximum atomic E-state index is 5.10. The molecule has 0 radical (unpaired) electrons. The minimum Gasteiger partial charge on any atom is -0.321 e. The zero-order valence-corrected chi connectivity index (χ0v) is 42.5. The smallest absolute Gasteiger partial charge is 0.137 e. The lowest BCUT2D eigenvalue weighted by atomic mass is 9.85. The van der Waals surface area contributed by atoms with Gasteiger partial charge in [-0.05, 0) is 134 Å². The number of hydrogen-bond acceptors (Lipinski definition) is 5. The molecule has 12 rings (SSSR count). The van der Waals surface area contributed by atoms with Crippen molar-refractivity contribution in [2.45, 2.75) is 52.4 Å². The summed E-state index contributed by atoms with van der Waals surface area (Å²) in [5.74, 6) is 0.847. The van der Waals surface area contributed by atoms with Gasteiger partial charge in [-0.3, -0.25) is 4.90 Å². The van der Waals surface area contributed by atoms with E-state index in [2.05, 4.69) is 286 Å². The van der Waals surface area contributed by atoms with Crippen LogP contribution < -0.4 is 19.6 Å². The molecule has 0 atom stereocenters. The second kappa shape index (κ2) is 18.2. The van der Waals surface area contributed by atoms with Crippen LogP contribution in [-0.4, -0.2) is 11.7 Å². The Morgan fingerprint density at radius 2 is 0.932 bits per heavy atom. The summed E-state index contributed by atoms with van der Waals surface area (Å²) in [4.78, 5) is 14.9. The molecule has 0 unspecified atom stereocenters. The van der Waals surface area contributed by atoms with Gasteiger partial charge in [0.25, 0.3) is 0 Å². The van der Waals surface area contributed by atoms with Crippen molar-refractivity contribution in [3.05, 3.63) is 248 Å². The number of hydrogen-bond donors (Lipinski definition) is 0. The molecule has 356 valence electrons. The number of para-hydroxylation sites is 3. The van der Waals surface area contributed by atoms with E-state index in [1.165, 1.54) is 44.9 Å². The molecule has 2 aliphatic rings. The van der Waals surface area contributed by atoms with Gasteiger partial charge in [-0.2, -0.15) is 0 Å². The van der Waals surface area contributed by atoms with Crippen molar-refractivity contribution in [2.75, 3.05) is 26.3 Å². The molecule has 0 amide bonds. The summed E-state index contributed by atoms with van der Waals surface area (Å²) in [6, 6.07) is 84.5. The van der Waals surface area contributed by atoms with Crippen LogP contribution in [0, 0.1) is 0 Å². The van der Waals surface area contributed by atoms with Crippen LogP contribution in [-0.2, 0) is 10.8 Å². The largest absolute Gasteiger partial charge is 0.321 e. The molecular weight excluding hydrogens is 887 g/mol. The van der Waals surface area contributed by atoms with Gasteiger partial charge in [0, 0.05) is 45.8 Å². The molecule has 0 spiro atoms. The van der Waals surface area contributed by atoms with Crippen LogP contribution in [0.25, 0.3) is 44.5 Å². The third kappa shape index (κ3) is 8.41. The lowest BCUT2D eigenvalue weighted by Gasteiger charge is -2.32. The molecule has 0 saturated carbocycles. The van der Waals surface area contributed by atoms with E-state index in [1.54, 1.807) is 0 Å². The van der Waals surface area contributed by atoms with Gasteiger partial charge >= 0.3 is 0 Å². The lowest BCUT2D eigenvalue weighted by molar-refractivity contribution is 0.590. The average Bonchev–Trinajstić information content (AvgIpc) is 3.76. The molecule has 0 bridgehead atoms. The molecule has 5 nitrogen and oxygen atoms in total. The van der Waals surface area contributed by atoms with Crippen molar-refractivity contribution in [1.29, 1.82) is 0 Å². The predicted octanol–water partition coefficient (Wildman–Crippen LogP) is 18.8. The van der Waals surface area contributed by atoms with Crippen LogP contribution in [0.3, 0.4) is 0 Å². The lowest BCUT2D eigenvalue weighted by Crippen LogP contribution is -2.26. The Morgan fingerprint density at radius 1 is 0.370 bits per heavy atom. The summed E-state index contributed by atoms with van der Waals surface area (Å²) in [6.07, 6.45) is 1.90. The summed E-state index contributed by atoms with van der Waals surface area (Å²) in [5, 5.41) is 0. The van der Waals surface area contributed by atoms with Gasteiger partial charge < -0.3 is 14.7 Å².